The number of carbonyl (C=O) groups is 1. The Kier molecular flexibility index (Phi) is 5.19. The van der Waals surface area contributed by atoms with E-state index in [1.165, 1.54) is 10.6 Å². The molecule has 2 aromatic heterocycles. The number of pyridine rings is 1. The van der Waals surface area contributed by atoms with E-state index in [9.17, 15) is 13.2 Å². The van der Waals surface area contributed by atoms with Crippen LogP contribution in [0.1, 0.15) is 35.9 Å². The molecule has 1 saturated carbocycles. The average Bonchev–Trinajstić information content (AvgIpc) is 3.32. The maximum absolute atomic E-state index is 12.6. The molecule has 2 aromatic rings. The Labute approximate surface area is 153 Å². The minimum atomic E-state index is -3.26. The summed E-state index contributed by atoms with van der Waals surface area (Å²) in [5, 5.41) is 2.81. The maximum atomic E-state index is 12.6. The van der Waals surface area contributed by atoms with Crippen LogP contribution < -0.4 is 10.1 Å². The highest BCUT2D eigenvalue weighted by atomic mass is 32.2. The molecular weight excluding hydrogens is 356 g/mol. The van der Waals surface area contributed by atoms with E-state index in [0.29, 0.717) is 29.4 Å². The molecule has 1 aliphatic carbocycles. The van der Waals surface area contributed by atoms with Gasteiger partial charge in [0.25, 0.3) is 5.91 Å². The molecule has 0 bridgehead atoms. The molecule has 0 aliphatic heterocycles. The van der Waals surface area contributed by atoms with Crippen LogP contribution in [-0.4, -0.2) is 60.0 Å². The normalized spacial score (nSPS) is 14.8. The van der Waals surface area contributed by atoms with Gasteiger partial charge < -0.3 is 10.1 Å². The summed E-state index contributed by atoms with van der Waals surface area (Å²) in [4.78, 5) is 17.1. The Hall–Kier alpha value is -2.13. The predicted octanol–water partition coefficient (Wildman–Crippen LogP) is 1.20. The van der Waals surface area contributed by atoms with E-state index in [-0.39, 0.29) is 25.0 Å². The first kappa shape index (κ1) is 18.7. The summed E-state index contributed by atoms with van der Waals surface area (Å²) in [7, 11) is -3.26. The van der Waals surface area contributed by atoms with Crippen LogP contribution in [-0.2, 0) is 10.0 Å². The molecule has 1 aliphatic rings. The van der Waals surface area contributed by atoms with Crippen molar-refractivity contribution in [1.29, 1.82) is 0 Å². The highest BCUT2D eigenvalue weighted by Crippen LogP contribution is 2.28. The third-order valence-electron chi connectivity index (χ3n) is 4.30. The summed E-state index contributed by atoms with van der Waals surface area (Å²) in [6.45, 7) is 4.69. The third-order valence-corrected chi connectivity index (χ3v) is 5.63. The van der Waals surface area contributed by atoms with Crippen LogP contribution in [0.25, 0.3) is 5.65 Å². The highest BCUT2D eigenvalue weighted by molar-refractivity contribution is 7.88. The van der Waals surface area contributed by atoms with Gasteiger partial charge in [-0.05, 0) is 38.8 Å². The van der Waals surface area contributed by atoms with E-state index in [0.717, 1.165) is 12.8 Å². The van der Waals surface area contributed by atoms with Crippen LogP contribution in [0, 0.1) is 6.92 Å². The Morgan fingerprint density at radius 2 is 2.19 bits per heavy atom. The number of amides is 1. The number of fused-ring (bicyclic) bond motifs is 1. The number of aryl methyl sites for hydroxylation is 1. The fraction of sp³-hybridized carbons (Fsp3) is 0.529. The average molecular weight is 380 g/mol. The van der Waals surface area contributed by atoms with Gasteiger partial charge in [0, 0.05) is 25.3 Å². The van der Waals surface area contributed by atoms with Crippen molar-refractivity contribution < 1.29 is 17.9 Å². The molecule has 9 heteroatoms. The predicted molar refractivity (Wildman–Crippen MR) is 98.0 cm³/mol. The summed E-state index contributed by atoms with van der Waals surface area (Å²) >= 11 is 0. The van der Waals surface area contributed by atoms with Gasteiger partial charge >= 0.3 is 0 Å². The lowest BCUT2D eigenvalue weighted by atomic mass is 10.3. The first-order chi connectivity index (χ1) is 12.3. The highest BCUT2D eigenvalue weighted by Gasteiger charge is 2.34. The molecule has 2 heterocycles. The lowest BCUT2D eigenvalue weighted by Gasteiger charge is -2.19. The number of imidazole rings is 1. The monoisotopic (exact) mass is 380 g/mol. The topological polar surface area (TPSA) is 93.0 Å². The molecule has 0 aromatic carbocycles. The van der Waals surface area contributed by atoms with E-state index in [4.69, 9.17) is 4.74 Å². The van der Waals surface area contributed by atoms with Crippen molar-refractivity contribution in [2.24, 2.45) is 0 Å². The number of nitrogens with zero attached hydrogens (tertiary/aromatic N) is 3. The zero-order valence-corrected chi connectivity index (χ0v) is 16.0. The quantitative estimate of drug-likeness (QED) is 0.743. The van der Waals surface area contributed by atoms with Crippen molar-refractivity contribution in [2.45, 2.75) is 32.7 Å². The van der Waals surface area contributed by atoms with E-state index in [2.05, 4.69) is 10.3 Å². The Morgan fingerprint density at radius 3 is 2.81 bits per heavy atom. The SMILES string of the molecule is CCOc1cccn2c(C(=O)NCCN(C3CC3)S(C)(=O)=O)c(C)nc12. The molecule has 8 nitrogen and oxygen atoms in total. The molecule has 1 amide bonds. The second kappa shape index (κ2) is 7.24. The molecular formula is C17H24N4O4S. The van der Waals surface area contributed by atoms with Crippen molar-refractivity contribution in [2.75, 3.05) is 26.0 Å². The molecule has 26 heavy (non-hydrogen) atoms. The Balaban J connectivity index is 1.74. The Bertz CT molecular complexity index is 918. The van der Waals surface area contributed by atoms with Crippen LogP contribution in [0.4, 0.5) is 0 Å². The lowest BCUT2D eigenvalue weighted by molar-refractivity contribution is 0.0945. The minimum Gasteiger partial charge on any atom is -0.490 e. The van der Waals surface area contributed by atoms with Gasteiger partial charge in [-0.25, -0.2) is 13.4 Å². The number of carbonyl (C=O) groups excluding carboxylic acids is 1. The number of nitrogens with one attached hydrogen (secondary N) is 1. The second-order valence-electron chi connectivity index (χ2n) is 6.41. The molecule has 0 unspecified atom stereocenters. The van der Waals surface area contributed by atoms with E-state index < -0.39 is 10.0 Å². The summed E-state index contributed by atoms with van der Waals surface area (Å²) in [5.74, 6) is 0.335. The van der Waals surface area contributed by atoms with E-state index in [1.54, 1.807) is 23.6 Å². The zero-order chi connectivity index (χ0) is 18.9. The maximum Gasteiger partial charge on any atom is 0.270 e. The first-order valence-electron chi connectivity index (χ1n) is 8.68. The van der Waals surface area contributed by atoms with Crippen molar-refractivity contribution in [1.82, 2.24) is 19.0 Å². The van der Waals surface area contributed by atoms with E-state index >= 15 is 0 Å². The second-order valence-corrected chi connectivity index (χ2v) is 8.34. The van der Waals surface area contributed by atoms with Crippen molar-refractivity contribution >= 4 is 21.6 Å². The minimum absolute atomic E-state index is 0.0770. The van der Waals surface area contributed by atoms with Crippen LogP contribution >= 0.6 is 0 Å². The van der Waals surface area contributed by atoms with Gasteiger partial charge in [0.2, 0.25) is 10.0 Å². The molecule has 0 spiro atoms. The van der Waals surface area contributed by atoms with Crippen LogP contribution in [0.5, 0.6) is 5.75 Å². The van der Waals surface area contributed by atoms with Crippen LogP contribution in [0.3, 0.4) is 0 Å². The van der Waals surface area contributed by atoms with Gasteiger partial charge in [0.05, 0.1) is 18.6 Å². The molecule has 142 valence electrons. The molecule has 0 atom stereocenters. The fourth-order valence-electron chi connectivity index (χ4n) is 3.04. The van der Waals surface area contributed by atoms with Crippen molar-refractivity contribution in [3.05, 3.63) is 29.7 Å². The smallest absolute Gasteiger partial charge is 0.270 e. The fourth-order valence-corrected chi connectivity index (χ4v) is 4.22. The molecule has 0 saturated heterocycles. The summed E-state index contributed by atoms with van der Waals surface area (Å²) < 4.78 is 32.4. The standard InChI is InChI=1S/C17H24N4O4S/c1-4-25-14-6-5-10-20-15(12(2)19-16(14)20)17(22)18-9-11-21(13-7-8-13)26(3,23)24/h5-6,10,13H,4,7-9,11H2,1-3H3,(H,18,22). The summed E-state index contributed by atoms with van der Waals surface area (Å²) in [6.07, 6.45) is 4.73. The van der Waals surface area contributed by atoms with Gasteiger partial charge in [-0.3, -0.25) is 9.20 Å². The summed E-state index contributed by atoms with van der Waals surface area (Å²) in [5.41, 5.74) is 1.61. The molecule has 1 N–H and O–H groups in total. The number of ether oxygens (including phenoxy) is 1. The summed E-state index contributed by atoms with van der Waals surface area (Å²) in [6, 6.07) is 3.69. The number of hydrogen-bond donors (Lipinski definition) is 1. The van der Waals surface area contributed by atoms with Crippen LogP contribution in [0.15, 0.2) is 18.3 Å². The number of aromatic nitrogens is 2. The van der Waals surface area contributed by atoms with E-state index in [1.807, 2.05) is 13.0 Å². The van der Waals surface area contributed by atoms with Gasteiger partial charge in [0.15, 0.2) is 11.4 Å². The van der Waals surface area contributed by atoms with Crippen LogP contribution in [0.2, 0.25) is 0 Å². The van der Waals surface area contributed by atoms with Gasteiger partial charge in [-0.1, -0.05) is 0 Å². The number of hydrogen-bond acceptors (Lipinski definition) is 5. The Morgan fingerprint density at radius 1 is 1.46 bits per heavy atom. The zero-order valence-electron chi connectivity index (χ0n) is 15.2. The van der Waals surface area contributed by atoms with Gasteiger partial charge in [0.1, 0.15) is 5.69 Å². The third kappa shape index (κ3) is 3.83. The van der Waals surface area contributed by atoms with Crippen molar-refractivity contribution in [3.63, 3.8) is 0 Å². The van der Waals surface area contributed by atoms with Crippen molar-refractivity contribution in [3.8, 4) is 5.75 Å². The number of sulfonamides is 1. The molecule has 0 radical (unpaired) electrons. The number of rotatable bonds is 8. The van der Waals surface area contributed by atoms with Gasteiger partial charge in [-0.15, -0.1) is 0 Å². The molecule has 3 rings (SSSR count). The van der Waals surface area contributed by atoms with Gasteiger partial charge in [-0.2, -0.15) is 4.31 Å². The molecule has 1 fully saturated rings. The largest absolute Gasteiger partial charge is 0.490 e. The first-order valence-corrected chi connectivity index (χ1v) is 10.5. The lowest BCUT2D eigenvalue weighted by Crippen LogP contribution is -2.39.